The monoisotopic (exact) mass is 380 g/mol. The second-order valence-corrected chi connectivity index (χ2v) is 5.93. The van der Waals surface area contributed by atoms with Crippen molar-refractivity contribution in [3.05, 3.63) is 0 Å². The fourth-order valence-electron chi connectivity index (χ4n) is 2.26. The van der Waals surface area contributed by atoms with E-state index in [0.717, 1.165) is 0 Å². The lowest BCUT2D eigenvalue weighted by Crippen LogP contribution is -2.59. The zero-order chi connectivity index (χ0) is 19.7. The molecule has 1 aliphatic rings. The normalized spacial score (nSPS) is 29.8. The Kier molecular flexibility index (Phi) is 9.99. The van der Waals surface area contributed by atoms with Crippen LogP contribution in [0, 0.1) is 0 Å². The SMILES string of the molecule is CCCC(=O)OC(COC(=O)CC)COC1OC(CO)C(O)C(O)C1O. The Labute approximate surface area is 151 Å². The van der Waals surface area contributed by atoms with Crippen LogP contribution in [0.3, 0.4) is 0 Å². The van der Waals surface area contributed by atoms with Gasteiger partial charge in [0.15, 0.2) is 12.4 Å². The van der Waals surface area contributed by atoms with Gasteiger partial charge in [0.05, 0.1) is 13.2 Å². The molecule has 1 heterocycles. The van der Waals surface area contributed by atoms with E-state index >= 15 is 0 Å². The van der Waals surface area contributed by atoms with Crippen LogP contribution in [0.15, 0.2) is 0 Å². The van der Waals surface area contributed by atoms with Gasteiger partial charge in [0, 0.05) is 12.8 Å². The summed E-state index contributed by atoms with van der Waals surface area (Å²) >= 11 is 0. The molecule has 0 aromatic rings. The second-order valence-electron chi connectivity index (χ2n) is 5.93. The maximum absolute atomic E-state index is 11.7. The molecule has 10 nitrogen and oxygen atoms in total. The van der Waals surface area contributed by atoms with Gasteiger partial charge in [0.2, 0.25) is 0 Å². The van der Waals surface area contributed by atoms with Gasteiger partial charge in [-0.1, -0.05) is 13.8 Å². The molecule has 4 N–H and O–H groups in total. The fourth-order valence-corrected chi connectivity index (χ4v) is 2.26. The predicted molar refractivity (Wildman–Crippen MR) is 85.8 cm³/mol. The smallest absolute Gasteiger partial charge is 0.306 e. The van der Waals surface area contributed by atoms with Crippen molar-refractivity contribution in [3.63, 3.8) is 0 Å². The number of esters is 2. The summed E-state index contributed by atoms with van der Waals surface area (Å²) in [7, 11) is 0. The van der Waals surface area contributed by atoms with E-state index < -0.39 is 55.4 Å². The van der Waals surface area contributed by atoms with E-state index in [4.69, 9.17) is 24.1 Å². The van der Waals surface area contributed by atoms with Crippen molar-refractivity contribution in [2.75, 3.05) is 19.8 Å². The van der Waals surface area contributed by atoms with Crippen molar-refractivity contribution in [1.82, 2.24) is 0 Å². The summed E-state index contributed by atoms with van der Waals surface area (Å²) in [5.41, 5.74) is 0. The predicted octanol–water partition coefficient (Wildman–Crippen LogP) is -1.53. The van der Waals surface area contributed by atoms with E-state index in [9.17, 15) is 24.9 Å². The molecule has 0 amide bonds. The van der Waals surface area contributed by atoms with Crippen LogP contribution in [0.25, 0.3) is 0 Å². The highest BCUT2D eigenvalue weighted by atomic mass is 16.7. The minimum atomic E-state index is -1.58. The molecule has 6 atom stereocenters. The van der Waals surface area contributed by atoms with E-state index in [1.165, 1.54) is 0 Å². The lowest BCUT2D eigenvalue weighted by molar-refractivity contribution is -0.305. The Morgan fingerprint density at radius 2 is 1.73 bits per heavy atom. The number of rotatable bonds is 10. The Hall–Kier alpha value is -1.30. The minimum absolute atomic E-state index is 0.156. The molecule has 0 aliphatic carbocycles. The molecular weight excluding hydrogens is 352 g/mol. The number of hydrogen-bond acceptors (Lipinski definition) is 10. The summed E-state index contributed by atoms with van der Waals surface area (Å²) in [5.74, 6) is -0.975. The molecule has 1 fully saturated rings. The first-order chi connectivity index (χ1) is 12.3. The summed E-state index contributed by atoms with van der Waals surface area (Å²) in [5, 5.41) is 38.5. The van der Waals surface area contributed by atoms with Gasteiger partial charge < -0.3 is 39.4 Å². The van der Waals surface area contributed by atoms with Gasteiger partial charge in [-0.15, -0.1) is 0 Å². The van der Waals surface area contributed by atoms with Crippen LogP contribution in [0.2, 0.25) is 0 Å². The number of hydrogen-bond donors (Lipinski definition) is 4. The number of carbonyl (C=O) groups is 2. The maximum atomic E-state index is 11.7. The number of aliphatic hydroxyl groups excluding tert-OH is 4. The second kappa shape index (κ2) is 11.4. The highest BCUT2D eigenvalue weighted by molar-refractivity contribution is 5.70. The first kappa shape index (κ1) is 22.7. The Bertz CT molecular complexity index is 441. The molecule has 1 saturated heterocycles. The van der Waals surface area contributed by atoms with Crippen LogP contribution in [0.4, 0.5) is 0 Å². The third-order valence-electron chi connectivity index (χ3n) is 3.77. The first-order valence-electron chi connectivity index (χ1n) is 8.61. The van der Waals surface area contributed by atoms with Crippen molar-refractivity contribution < 1.29 is 49.0 Å². The van der Waals surface area contributed by atoms with Gasteiger partial charge in [-0.3, -0.25) is 9.59 Å². The van der Waals surface area contributed by atoms with Crippen molar-refractivity contribution >= 4 is 11.9 Å². The quantitative estimate of drug-likeness (QED) is 0.328. The Morgan fingerprint density at radius 1 is 1.04 bits per heavy atom. The summed E-state index contributed by atoms with van der Waals surface area (Å²) in [4.78, 5) is 23.0. The molecule has 6 unspecified atom stereocenters. The van der Waals surface area contributed by atoms with Gasteiger partial charge in [0.1, 0.15) is 31.0 Å². The van der Waals surface area contributed by atoms with Crippen LogP contribution in [0.1, 0.15) is 33.1 Å². The Balaban J connectivity index is 2.64. The third kappa shape index (κ3) is 6.78. The van der Waals surface area contributed by atoms with Crippen LogP contribution in [-0.2, 0) is 28.5 Å². The van der Waals surface area contributed by atoms with Gasteiger partial charge in [-0.2, -0.15) is 0 Å². The topological polar surface area (TPSA) is 152 Å². The average molecular weight is 380 g/mol. The highest BCUT2D eigenvalue weighted by Gasteiger charge is 2.44. The average Bonchev–Trinajstić information content (AvgIpc) is 2.63. The number of carbonyl (C=O) groups excluding carboxylic acids is 2. The molecule has 1 aliphatic heterocycles. The molecule has 0 bridgehead atoms. The zero-order valence-electron chi connectivity index (χ0n) is 14.9. The lowest BCUT2D eigenvalue weighted by Gasteiger charge is -2.39. The van der Waals surface area contributed by atoms with E-state index in [0.29, 0.717) is 6.42 Å². The molecular formula is C16H28O10. The van der Waals surface area contributed by atoms with Gasteiger partial charge in [-0.05, 0) is 6.42 Å². The third-order valence-corrected chi connectivity index (χ3v) is 3.77. The molecule has 10 heteroatoms. The van der Waals surface area contributed by atoms with Gasteiger partial charge >= 0.3 is 11.9 Å². The van der Waals surface area contributed by atoms with E-state index in [1.807, 2.05) is 0 Å². The molecule has 0 aromatic carbocycles. The van der Waals surface area contributed by atoms with Crippen LogP contribution < -0.4 is 0 Å². The standard InChI is InChI=1S/C16H28O10/c1-3-5-12(19)25-9(7-23-11(18)4-2)8-24-16-15(22)14(21)13(20)10(6-17)26-16/h9-10,13-17,20-22H,3-8H2,1-2H3. The van der Waals surface area contributed by atoms with Gasteiger partial charge in [-0.25, -0.2) is 0 Å². The summed E-state index contributed by atoms with van der Waals surface area (Å²) < 4.78 is 20.7. The maximum Gasteiger partial charge on any atom is 0.306 e. The summed E-state index contributed by atoms with van der Waals surface area (Å²) in [6, 6.07) is 0. The Morgan fingerprint density at radius 3 is 2.31 bits per heavy atom. The van der Waals surface area contributed by atoms with Gasteiger partial charge in [0.25, 0.3) is 0 Å². The van der Waals surface area contributed by atoms with E-state index in [2.05, 4.69) is 0 Å². The molecule has 1 rings (SSSR count). The fraction of sp³-hybridized carbons (Fsp3) is 0.875. The number of ether oxygens (including phenoxy) is 4. The first-order valence-corrected chi connectivity index (χ1v) is 8.61. The molecule has 0 radical (unpaired) electrons. The summed E-state index contributed by atoms with van der Waals surface area (Å²) in [6.07, 6.45) is -7.15. The largest absolute Gasteiger partial charge is 0.462 e. The van der Waals surface area contributed by atoms with Crippen LogP contribution >= 0.6 is 0 Å². The molecule has 0 aromatic heterocycles. The van der Waals surface area contributed by atoms with Crippen LogP contribution in [-0.4, -0.2) is 89.0 Å². The molecule has 26 heavy (non-hydrogen) atoms. The highest BCUT2D eigenvalue weighted by Crippen LogP contribution is 2.22. The lowest BCUT2D eigenvalue weighted by atomic mass is 9.99. The zero-order valence-corrected chi connectivity index (χ0v) is 14.9. The van der Waals surface area contributed by atoms with Crippen molar-refractivity contribution in [3.8, 4) is 0 Å². The van der Waals surface area contributed by atoms with Crippen molar-refractivity contribution in [2.24, 2.45) is 0 Å². The van der Waals surface area contributed by atoms with E-state index in [1.54, 1.807) is 13.8 Å². The van der Waals surface area contributed by atoms with Crippen LogP contribution in [0.5, 0.6) is 0 Å². The van der Waals surface area contributed by atoms with Crippen molar-refractivity contribution in [2.45, 2.75) is 69.9 Å². The minimum Gasteiger partial charge on any atom is -0.462 e. The van der Waals surface area contributed by atoms with E-state index in [-0.39, 0.29) is 26.1 Å². The molecule has 152 valence electrons. The number of aliphatic hydroxyl groups is 4. The van der Waals surface area contributed by atoms with Crippen molar-refractivity contribution in [1.29, 1.82) is 0 Å². The molecule has 0 saturated carbocycles. The molecule has 0 spiro atoms. The summed E-state index contributed by atoms with van der Waals surface area (Å²) in [6.45, 7) is 2.31.